The first-order valence-corrected chi connectivity index (χ1v) is 9.51. The molecule has 5 heteroatoms. The van der Waals surface area contributed by atoms with E-state index in [1.165, 1.54) is 10.5 Å². The van der Waals surface area contributed by atoms with Gasteiger partial charge in [0.15, 0.2) is 0 Å². The first-order chi connectivity index (χ1) is 13.1. The van der Waals surface area contributed by atoms with Crippen LogP contribution in [0.25, 0.3) is 0 Å². The summed E-state index contributed by atoms with van der Waals surface area (Å²) in [5.74, 6) is 0.222. The van der Waals surface area contributed by atoms with Crippen molar-refractivity contribution < 1.29 is 14.7 Å². The average molecular weight is 364 g/mol. The van der Waals surface area contributed by atoms with Crippen molar-refractivity contribution in [2.24, 2.45) is 0 Å². The number of nitrogens with zero attached hydrogens (tertiary/aromatic N) is 1. The molecule has 2 aliphatic rings. The van der Waals surface area contributed by atoms with Crippen LogP contribution in [0.2, 0.25) is 0 Å². The lowest BCUT2D eigenvalue weighted by Crippen LogP contribution is -2.49. The quantitative estimate of drug-likeness (QED) is 0.817. The molecule has 27 heavy (non-hydrogen) atoms. The van der Waals surface area contributed by atoms with E-state index in [0.717, 1.165) is 12.8 Å². The molecule has 0 bridgehead atoms. The fraction of sp³-hybridized carbons (Fsp3) is 0.364. The van der Waals surface area contributed by atoms with Crippen LogP contribution in [0.5, 0.6) is 0 Å². The first-order valence-electron chi connectivity index (χ1n) is 9.51. The summed E-state index contributed by atoms with van der Waals surface area (Å²) in [6.07, 6.45) is 2.12. The second-order valence-corrected chi connectivity index (χ2v) is 7.54. The highest BCUT2D eigenvalue weighted by Crippen LogP contribution is 2.41. The van der Waals surface area contributed by atoms with Crippen LogP contribution in [0.3, 0.4) is 0 Å². The van der Waals surface area contributed by atoms with Gasteiger partial charge in [-0.15, -0.1) is 0 Å². The van der Waals surface area contributed by atoms with Gasteiger partial charge >= 0.3 is 6.03 Å². The largest absolute Gasteiger partial charge is 0.387 e. The van der Waals surface area contributed by atoms with E-state index in [4.69, 9.17) is 0 Å². The van der Waals surface area contributed by atoms with Gasteiger partial charge in [-0.3, -0.25) is 9.69 Å². The SMILES string of the molecule is O=C1NC2(CCC(c3ccccc3)CC2)C(=O)N1CC(O)c1ccccc1. The van der Waals surface area contributed by atoms with Crippen LogP contribution in [-0.2, 0) is 4.79 Å². The van der Waals surface area contributed by atoms with Crippen LogP contribution in [-0.4, -0.2) is 34.0 Å². The number of amides is 3. The molecular formula is C22H24N2O3. The minimum atomic E-state index is -0.878. The lowest BCUT2D eigenvalue weighted by molar-refractivity contribution is -0.133. The monoisotopic (exact) mass is 364 g/mol. The molecule has 2 N–H and O–H groups in total. The van der Waals surface area contributed by atoms with Crippen molar-refractivity contribution in [2.45, 2.75) is 43.2 Å². The van der Waals surface area contributed by atoms with Gasteiger partial charge in [0.1, 0.15) is 5.54 Å². The van der Waals surface area contributed by atoms with Crippen LogP contribution >= 0.6 is 0 Å². The standard InChI is InChI=1S/C22H24N2O3/c25-19(18-9-5-2-6-10-18)15-24-20(26)22(23-21(24)27)13-11-17(12-14-22)16-7-3-1-4-8-16/h1-10,17,19,25H,11-15H2,(H,23,27). The number of carbonyl (C=O) groups excluding carboxylic acids is 2. The Morgan fingerprint density at radius 3 is 2.22 bits per heavy atom. The maximum absolute atomic E-state index is 13.0. The summed E-state index contributed by atoms with van der Waals surface area (Å²) < 4.78 is 0. The van der Waals surface area contributed by atoms with Crippen LogP contribution in [0.15, 0.2) is 60.7 Å². The molecule has 1 aliphatic carbocycles. The number of rotatable bonds is 4. The van der Waals surface area contributed by atoms with Crippen molar-refractivity contribution in [3.05, 3.63) is 71.8 Å². The molecule has 2 aromatic rings. The summed E-state index contributed by atoms with van der Waals surface area (Å²) in [5.41, 5.74) is 1.19. The summed E-state index contributed by atoms with van der Waals surface area (Å²) in [6, 6.07) is 19.0. The Bertz CT molecular complexity index is 814. The molecule has 1 spiro atoms. The number of hydrogen-bond acceptors (Lipinski definition) is 3. The number of nitrogens with one attached hydrogen (secondary N) is 1. The van der Waals surface area contributed by atoms with Crippen molar-refractivity contribution >= 4 is 11.9 Å². The number of urea groups is 1. The molecule has 3 amide bonds. The number of β-amino-alcohol motifs (C(OH)–C–C–N with tert-alkyl or cyclic N) is 1. The van der Waals surface area contributed by atoms with Crippen LogP contribution < -0.4 is 5.32 Å². The minimum absolute atomic E-state index is 0.0153. The number of carbonyl (C=O) groups is 2. The van der Waals surface area contributed by atoms with Gasteiger partial charge in [0.25, 0.3) is 5.91 Å². The molecule has 1 aliphatic heterocycles. The van der Waals surface area contributed by atoms with E-state index < -0.39 is 17.7 Å². The summed E-state index contributed by atoms with van der Waals surface area (Å²) in [4.78, 5) is 26.7. The first kappa shape index (κ1) is 17.7. The van der Waals surface area contributed by atoms with E-state index in [-0.39, 0.29) is 12.5 Å². The Kier molecular flexibility index (Phi) is 4.70. The van der Waals surface area contributed by atoms with Gasteiger partial charge in [0.05, 0.1) is 12.6 Å². The predicted octanol–water partition coefficient (Wildman–Crippen LogP) is 3.37. The molecule has 2 fully saturated rings. The topological polar surface area (TPSA) is 69.6 Å². The second-order valence-electron chi connectivity index (χ2n) is 7.54. The molecule has 2 aromatic carbocycles. The molecule has 5 nitrogen and oxygen atoms in total. The third-order valence-electron chi connectivity index (χ3n) is 5.90. The van der Waals surface area contributed by atoms with E-state index in [0.29, 0.717) is 24.3 Å². The van der Waals surface area contributed by atoms with Gasteiger partial charge in [-0.1, -0.05) is 60.7 Å². The minimum Gasteiger partial charge on any atom is -0.387 e. The van der Waals surface area contributed by atoms with Crippen molar-refractivity contribution in [3.63, 3.8) is 0 Å². The highest BCUT2D eigenvalue weighted by Gasteiger charge is 2.52. The highest BCUT2D eigenvalue weighted by molar-refractivity contribution is 6.07. The zero-order chi connectivity index (χ0) is 18.9. The molecule has 1 atom stereocenters. The zero-order valence-corrected chi connectivity index (χ0v) is 15.2. The van der Waals surface area contributed by atoms with Gasteiger partial charge in [0.2, 0.25) is 0 Å². The number of aliphatic hydroxyl groups is 1. The number of hydrogen-bond donors (Lipinski definition) is 2. The number of aliphatic hydroxyl groups excluding tert-OH is 1. The van der Waals surface area contributed by atoms with E-state index in [9.17, 15) is 14.7 Å². The number of imide groups is 1. The smallest absolute Gasteiger partial charge is 0.325 e. The molecule has 140 valence electrons. The second kappa shape index (κ2) is 7.16. The third-order valence-corrected chi connectivity index (χ3v) is 5.90. The molecule has 1 saturated carbocycles. The summed E-state index contributed by atoms with van der Waals surface area (Å²) in [5, 5.41) is 13.3. The van der Waals surface area contributed by atoms with Crippen molar-refractivity contribution in [3.8, 4) is 0 Å². The Morgan fingerprint density at radius 2 is 1.59 bits per heavy atom. The summed E-state index contributed by atoms with van der Waals surface area (Å²) in [7, 11) is 0. The third kappa shape index (κ3) is 3.35. The zero-order valence-electron chi connectivity index (χ0n) is 15.2. The van der Waals surface area contributed by atoms with E-state index in [1.807, 2.05) is 36.4 Å². The highest BCUT2D eigenvalue weighted by atomic mass is 16.3. The normalized spacial score (nSPS) is 26.3. The molecule has 1 heterocycles. The lowest BCUT2D eigenvalue weighted by Gasteiger charge is -2.35. The Hall–Kier alpha value is -2.66. The fourth-order valence-electron chi connectivity index (χ4n) is 4.30. The maximum Gasteiger partial charge on any atom is 0.325 e. The van der Waals surface area contributed by atoms with E-state index in [1.54, 1.807) is 12.1 Å². The molecule has 1 saturated heterocycles. The van der Waals surface area contributed by atoms with Crippen LogP contribution in [0.1, 0.15) is 48.8 Å². The molecule has 4 rings (SSSR count). The molecule has 1 unspecified atom stereocenters. The summed E-state index contributed by atoms with van der Waals surface area (Å²) in [6.45, 7) is -0.0153. The Morgan fingerprint density at radius 1 is 1.00 bits per heavy atom. The van der Waals surface area contributed by atoms with Gasteiger partial charge in [-0.2, -0.15) is 0 Å². The Balaban J connectivity index is 1.44. The van der Waals surface area contributed by atoms with Gasteiger partial charge in [-0.05, 0) is 42.7 Å². The van der Waals surface area contributed by atoms with Crippen LogP contribution in [0.4, 0.5) is 4.79 Å². The van der Waals surface area contributed by atoms with E-state index in [2.05, 4.69) is 17.4 Å². The number of benzene rings is 2. The fourth-order valence-corrected chi connectivity index (χ4v) is 4.30. The lowest BCUT2D eigenvalue weighted by atomic mass is 9.74. The van der Waals surface area contributed by atoms with Gasteiger partial charge in [0, 0.05) is 0 Å². The summed E-state index contributed by atoms with van der Waals surface area (Å²) >= 11 is 0. The van der Waals surface area contributed by atoms with E-state index >= 15 is 0 Å². The van der Waals surface area contributed by atoms with Crippen LogP contribution in [0, 0.1) is 0 Å². The van der Waals surface area contributed by atoms with Crippen molar-refractivity contribution in [1.82, 2.24) is 10.2 Å². The van der Waals surface area contributed by atoms with Crippen molar-refractivity contribution in [1.29, 1.82) is 0 Å². The van der Waals surface area contributed by atoms with Gasteiger partial charge < -0.3 is 10.4 Å². The van der Waals surface area contributed by atoms with Gasteiger partial charge in [-0.25, -0.2) is 4.79 Å². The predicted molar refractivity (Wildman–Crippen MR) is 102 cm³/mol. The van der Waals surface area contributed by atoms with Crippen molar-refractivity contribution in [2.75, 3.05) is 6.54 Å². The molecule has 0 aromatic heterocycles. The Labute approximate surface area is 159 Å². The molecule has 0 radical (unpaired) electrons. The molecular weight excluding hydrogens is 340 g/mol. The maximum atomic E-state index is 13.0. The average Bonchev–Trinajstić information content (AvgIpc) is 2.94.